The van der Waals surface area contributed by atoms with Gasteiger partial charge >= 0.3 is 0 Å². The number of rotatable bonds is 3. The maximum atomic E-state index is 12.6. The molecule has 1 saturated heterocycles. The summed E-state index contributed by atoms with van der Waals surface area (Å²) in [6.45, 7) is 2.42. The molecule has 3 heterocycles. The molecule has 1 aromatic carbocycles. The SMILES string of the molecule is Cc1cc(N2CC[C@H](NC(=O)c3cc4ccccc4o3)C2=O)n(C)n1. The molecule has 0 bridgehead atoms. The van der Waals surface area contributed by atoms with Crippen LogP contribution in [0.15, 0.2) is 40.8 Å². The molecular weight excluding hydrogens is 320 g/mol. The van der Waals surface area contributed by atoms with E-state index in [1.54, 1.807) is 28.8 Å². The molecular formula is C18H18N4O3. The highest BCUT2D eigenvalue weighted by Crippen LogP contribution is 2.23. The molecule has 1 fully saturated rings. The van der Waals surface area contributed by atoms with Crippen LogP contribution in [0, 0.1) is 6.92 Å². The monoisotopic (exact) mass is 338 g/mol. The summed E-state index contributed by atoms with van der Waals surface area (Å²) in [4.78, 5) is 26.7. The van der Waals surface area contributed by atoms with Gasteiger partial charge in [-0.25, -0.2) is 0 Å². The molecule has 0 aliphatic carbocycles. The molecule has 7 nitrogen and oxygen atoms in total. The molecule has 0 unspecified atom stereocenters. The lowest BCUT2D eigenvalue weighted by Gasteiger charge is -2.16. The predicted molar refractivity (Wildman–Crippen MR) is 92.4 cm³/mol. The molecule has 128 valence electrons. The summed E-state index contributed by atoms with van der Waals surface area (Å²) < 4.78 is 7.24. The highest BCUT2D eigenvalue weighted by Gasteiger charge is 2.35. The van der Waals surface area contributed by atoms with Crippen LogP contribution in [0.5, 0.6) is 0 Å². The van der Waals surface area contributed by atoms with E-state index in [9.17, 15) is 9.59 Å². The highest BCUT2D eigenvalue weighted by atomic mass is 16.3. The zero-order valence-electron chi connectivity index (χ0n) is 14.0. The normalized spacial score (nSPS) is 17.4. The lowest BCUT2D eigenvalue weighted by molar-refractivity contribution is -0.118. The summed E-state index contributed by atoms with van der Waals surface area (Å²) in [5.41, 5.74) is 1.50. The number of nitrogens with one attached hydrogen (secondary N) is 1. The second kappa shape index (κ2) is 5.77. The molecule has 1 aliphatic rings. The van der Waals surface area contributed by atoms with Crippen LogP contribution in [-0.4, -0.2) is 34.2 Å². The van der Waals surface area contributed by atoms with Crippen LogP contribution < -0.4 is 10.2 Å². The Kier molecular flexibility index (Phi) is 3.56. The summed E-state index contributed by atoms with van der Waals surface area (Å²) in [6.07, 6.45) is 0.551. The van der Waals surface area contributed by atoms with Crippen molar-refractivity contribution in [2.75, 3.05) is 11.4 Å². The third-order valence-corrected chi connectivity index (χ3v) is 4.41. The molecule has 0 saturated carbocycles. The average molecular weight is 338 g/mol. The van der Waals surface area contributed by atoms with E-state index in [-0.39, 0.29) is 17.6 Å². The van der Waals surface area contributed by atoms with E-state index in [0.717, 1.165) is 16.9 Å². The standard InChI is InChI=1S/C18H18N4O3/c1-11-9-16(21(2)20-11)22-8-7-13(18(22)24)19-17(23)15-10-12-5-3-4-6-14(12)25-15/h3-6,9-10,13H,7-8H2,1-2H3,(H,19,23)/t13-/m0/s1. The third kappa shape index (κ3) is 2.67. The van der Waals surface area contributed by atoms with Crippen molar-refractivity contribution in [2.24, 2.45) is 7.05 Å². The van der Waals surface area contributed by atoms with Gasteiger partial charge in [-0.05, 0) is 25.5 Å². The maximum absolute atomic E-state index is 12.6. The molecule has 1 N–H and O–H groups in total. The summed E-state index contributed by atoms with van der Waals surface area (Å²) in [5, 5.41) is 7.91. The number of anilines is 1. The Morgan fingerprint density at radius 3 is 2.84 bits per heavy atom. The van der Waals surface area contributed by atoms with Crippen LogP contribution in [0.3, 0.4) is 0 Å². The van der Waals surface area contributed by atoms with Crippen molar-refractivity contribution in [2.45, 2.75) is 19.4 Å². The van der Waals surface area contributed by atoms with Gasteiger partial charge in [0.2, 0.25) is 0 Å². The number of benzene rings is 1. The fourth-order valence-electron chi connectivity index (χ4n) is 3.21. The van der Waals surface area contributed by atoms with E-state index in [1.807, 2.05) is 31.2 Å². The summed E-state index contributed by atoms with van der Waals surface area (Å²) in [6, 6.07) is 10.4. The minimum absolute atomic E-state index is 0.132. The van der Waals surface area contributed by atoms with E-state index in [1.165, 1.54) is 0 Å². The second-order valence-corrected chi connectivity index (χ2v) is 6.22. The van der Waals surface area contributed by atoms with Gasteiger partial charge in [0.1, 0.15) is 17.4 Å². The second-order valence-electron chi connectivity index (χ2n) is 6.22. The van der Waals surface area contributed by atoms with Crippen LogP contribution in [0.4, 0.5) is 5.82 Å². The minimum Gasteiger partial charge on any atom is -0.451 e. The molecule has 7 heteroatoms. The van der Waals surface area contributed by atoms with Gasteiger partial charge in [-0.15, -0.1) is 0 Å². The number of hydrogen-bond acceptors (Lipinski definition) is 4. The van der Waals surface area contributed by atoms with Gasteiger partial charge in [-0.1, -0.05) is 18.2 Å². The minimum atomic E-state index is -0.559. The largest absolute Gasteiger partial charge is 0.451 e. The van der Waals surface area contributed by atoms with Gasteiger partial charge < -0.3 is 9.73 Å². The van der Waals surface area contributed by atoms with Crippen molar-refractivity contribution in [3.8, 4) is 0 Å². The Morgan fingerprint density at radius 2 is 2.12 bits per heavy atom. The van der Waals surface area contributed by atoms with Crippen molar-refractivity contribution in [3.05, 3.63) is 47.9 Å². The number of nitrogens with zero attached hydrogens (tertiary/aromatic N) is 3. The van der Waals surface area contributed by atoms with Gasteiger partial charge in [-0.2, -0.15) is 5.10 Å². The fourth-order valence-corrected chi connectivity index (χ4v) is 3.21. The van der Waals surface area contributed by atoms with Crippen LogP contribution >= 0.6 is 0 Å². The summed E-state index contributed by atoms with van der Waals surface area (Å²) in [7, 11) is 1.80. The zero-order valence-corrected chi connectivity index (χ0v) is 14.0. The summed E-state index contributed by atoms with van der Waals surface area (Å²) in [5.74, 6) is 0.442. The highest BCUT2D eigenvalue weighted by molar-refractivity contribution is 6.03. The van der Waals surface area contributed by atoms with E-state index < -0.39 is 6.04 Å². The van der Waals surface area contributed by atoms with Crippen molar-refractivity contribution >= 4 is 28.6 Å². The Hall–Kier alpha value is -3.09. The van der Waals surface area contributed by atoms with Gasteiger partial charge in [0.05, 0.1) is 5.69 Å². The van der Waals surface area contributed by atoms with Crippen molar-refractivity contribution in [1.29, 1.82) is 0 Å². The van der Waals surface area contributed by atoms with Gasteiger partial charge in [0, 0.05) is 25.0 Å². The zero-order chi connectivity index (χ0) is 17.6. The topological polar surface area (TPSA) is 80.4 Å². The number of carbonyl (C=O) groups is 2. The van der Waals surface area contributed by atoms with E-state index in [4.69, 9.17) is 4.42 Å². The number of fused-ring (bicyclic) bond motifs is 1. The molecule has 1 atom stereocenters. The predicted octanol–water partition coefficient (Wildman–Crippen LogP) is 2.01. The summed E-state index contributed by atoms with van der Waals surface area (Å²) >= 11 is 0. The van der Waals surface area contributed by atoms with Gasteiger partial charge in [0.25, 0.3) is 11.8 Å². The molecule has 2 amide bonds. The van der Waals surface area contributed by atoms with Crippen LogP contribution in [0.1, 0.15) is 22.7 Å². The van der Waals surface area contributed by atoms with Crippen LogP contribution in [-0.2, 0) is 11.8 Å². The third-order valence-electron chi connectivity index (χ3n) is 4.41. The molecule has 2 aromatic heterocycles. The molecule has 0 radical (unpaired) electrons. The van der Waals surface area contributed by atoms with Gasteiger partial charge in [0.15, 0.2) is 5.76 Å². The van der Waals surface area contributed by atoms with Crippen LogP contribution in [0.2, 0.25) is 0 Å². The lowest BCUT2D eigenvalue weighted by Crippen LogP contribution is -2.41. The number of amides is 2. The lowest BCUT2D eigenvalue weighted by atomic mass is 10.2. The van der Waals surface area contributed by atoms with Crippen molar-refractivity contribution in [1.82, 2.24) is 15.1 Å². The van der Waals surface area contributed by atoms with E-state index >= 15 is 0 Å². The van der Waals surface area contributed by atoms with Crippen LogP contribution in [0.25, 0.3) is 11.0 Å². The maximum Gasteiger partial charge on any atom is 0.287 e. The Bertz CT molecular complexity index is 939. The van der Waals surface area contributed by atoms with E-state index in [0.29, 0.717) is 18.5 Å². The molecule has 3 aromatic rings. The van der Waals surface area contributed by atoms with Crippen molar-refractivity contribution < 1.29 is 14.0 Å². The number of aromatic nitrogens is 2. The molecule has 0 spiro atoms. The smallest absolute Gasteiger partial charge is 0.287 e. The first-order valence-electron chi connectivity index (χ1n) is 8.14. The Morgan fingerprint density at radius 1 is 1.32 bits per heavy atom. The number of aryl methyl sites for hydroxylation is 2. The fraction of sp³-hybridized carbons (Fsp3) is 0.278. The molecule has 1 aliphatic heterocycles. The average Bonchev–Trinajstić information content (AvgIpc) is 3.25. The first kappa shape index (κ1) is 15.4. The van der Waals surface area contributed by atoms with E-state index in [2.05, 4.69) is 10.4 Å². The number of hydrogen-bond donors (Lipinski definition) is 1. The number of para-hydroxylation sites is 1. The first-order valence-corrected chi connectivity index (χ1v) is 8.14. The quantitative estimate of drug-likeness (QED) is 0.792. The van der Waals surface area contributed by atoms with Gasteiger partial charge in [-0.3, -0.25) is 19.2 Å². The number of furan rings is 1. The molecule has 4 rings (SSSR count). The Labute approximate surface area is 144 Å². The Balaban J connectivity index is 1.50. The van der Waals surface area contributed by atoms with Crippen molar-refractivity contribution in [3.63, 3.8) is 0 Å². The first-order chi connectivity index (χ1) is 12.0. The number of carbonyl (C=O) groups excluding carboxylic acids is 2. The molecule has 25 heavy (non-hydrogen) atoms.